The van der Waals surface area contributed by atoms with E-state index in [-0.39, 0.29) is 5.30 Å². The van der Waals surface area contributed by atoms with Crippen LogP contribution in [-0.4, -0.2) is 22.8 Å². The number of amides is 2. The van der Waals surface area contributed by atoms with Crippen LogP contribution in [0.25, 0.3) is 0 Å². The van der Waals surface area contributed by atoms with Gasteiger partial charge in [0.05, 0.1) is 10.6 Å². The van der Waals surface area contributed by atoms with Crippen LogP contribution in [0.5, 0.6) is 0 Å². The highest BCUT2D eigenvalue weighted by Gasteiger charge is 2.25. The second-order valence-corrected chi connectivity index (χ2v) is 6.47. The summed E-state index contributed by atoms with van der Waals surface area (Å²) in [6, 6.07) is 3.68. The van der Waals surface area contributed by atoms with E-state index in [1.165, 1.54) is 24.9 Å². The summed E-state index contributed by atoms with van der Waals surface area (Å²) in [6.07, 6.45) is 0. The van der Waals surface area contributed by atoms with Crippen LogP contribution in [0.15, 0.2) is 23.1 Å². The van der Waals surface area contributed by atoms with Gasteiger partial charge in [-0.3, -0.25) is 14.5 Å². The molecule has 6 nitrogen and oxygen atoms in total. The summed E-state index contributed by atoms with van der Waals surface area (Å²) >= 11 is 0.997. The van der Waals surface area contributed by atoms with Gasteiger partial charge in [-0.1, -0.05) is 0 Å². The molecule has 0 radical (unpaired) electrons. The first-order valence-corrected chi connectivity index (χ1v) is 7.22. The summed E-state index contributed by atoms with van der Waals surface area (Å²) in [5.74, 6) is 0. The number of benzene rings is 1. The van der Waals surface area contributed by atoms with Crippen molar-refractivity contribution in [1.29, 1.82) is 0 Å². The SMILES string of the molecule is CP(=O)(O)c1ccc2c(c1)SNC(=O)N2O. The van der Waals surface area contributed by atoms with Crippen LogP contribution in [0, 0.1) is 0 Å². The maximum Gasteiger partial charge on any atom is 0.356 e. The fourth-order valence-electron chi connectivity index (χ4n) is 1.27. The summed E-state index contributed by atoms with van der Waals surface area (Å²) in [4.78, 5) is 21.0. The Morgan fingerprint density at radius 2 is 2.19 bits per heavy atom. The van der Waals surface area contributed by atoms with E-state index in [1.54, 1.807) is 0 Å². The molecule has 1 aliphatic rings. The summed E-state index contributed by atoms with van der Waals surface area (Å²) < 4.78 is 13.8. The molecule has 0 fully saturated rings. The Labute approximate surface area is 95.8 Å². The smallest absolute Gasteiger partial charge is 0.341 e. The predicted octanol–water partition coefficient (Wildman–Crippen LogP) is 1.14. The molecule has 1 atom stereocenters. The quantitative estimate of drug-likeness (QED) is 0.400. The first-order valence-electron chi connectivity index (χ1n) is 4.30. The van der Waals surface area contributed by atoms with E-state index in [0.717, 1.165) is 11.9 Å². The molecule has 0 aromatic heterocycles. The topological polar surface area (TPSA) is 89.9 Å². The molecule has 0 bridgehead atoms. The maximum absolute atomic E-state index is 11.4. The fourth-order valence-corrected chi connectivity index (χ4v) is 2.80. The zero-order chi connectivity index (χ0) is 11.9. The number of hydrogen-bond donors (Lipinski definition) is 3. The largest absolute Gasteiger partial charge is 0.356 e. The Balaban J connectivity index is 2.49. The van der Waals surface area contributed by atoms with Crippen LogP contribution < -0.4 is 15.1 Å². The Morgan fingerprint density at radius 3 is 2.81 bits per heavy atom. The zero-order valence-electron chi connectivity index (χ0n) is 8.25. The van der Waals surface area contributed by atoms with E-state index >= 15 is 0 Å². The highest BCUT2D eigenvalue weighted by atomic mass is 32.2. The molecular formula is C8H9N2O4PS. The van der Waals surface area contributed by atoms with Gasteiger partial charge in [-0.25, -0.2) is 4.79 Å². The van der Waals surface area contributed by atoms with E-state index in [9.17, 15) is 19.5 Å². The highest BCUT2D eigenvalue weighted by Crippen LogP contribution is 2.38. The normalized spacial score (nSPS) is 18.7. The molecule has 8 heteroatoms. The number of nitrogens with one attached hydrogen (secondary N) is 1. The number of carbonyl (C=O) groups excluding carboxylic acids is 1. The van der Waals surface area contributed by atoms with Crippen LogP contribution in [0.3, 0.4) is 0 Å². The van der Waals surface area contributed by atoms with Gasteiger partial charge in [-0.15, -0.1) is 0 Å². The number of nitrogens with zero attached hydrogens (tertiary/aromatic N) is 1. The standard InChI is InChI=1S/C8H9N2O4PS/c1-15(13,14)5-2-3-6-7(4-5)16-9-8(11)10(6)12/h2-4,12H,1H3,(H,9,11)(H,13,14). The van der Waals surface area contributed by atoms with Gasteiger partial charge >= 0.3 is 6.03 Å². The Bertz CT molecular complexity index is 501. The van der Waals surface area contributed by atoms with Crippen molar-refractivity contribution in [3.63, 3.8) is 0 Å². The molecule has 16 heavy (non-hydrogen) atoms. The average molecular weight is 260 g/mol. The van der Waals surface area contributed by atoms with Crippen LogP contribution in [0.4, 0.5) is 10.5 Å². The maximum atomic E-state index is 11.4. The third kappa shape index (κ3) is 1.94. The van der Waals surface area contributed by atoms with Gasteiger partial charge in [0.1, 0.15) is 0 Å². The number of anilines is 1. The lowest BCUT2D eigenvalue weighted by molar-refractivity contribution is 0.208. The van der Waals surface area contributed by atoms with Gasteiger partial charge in [0.2, 0.25) is 7.37 Å². The van der Waals surface area contributed by atoms with E-state index in [4.69, 9.17) is 0 Å². The minimum absolute atomic E-state index is 0.281. The van der Waals surface area contributed by atoms with Crippen LogP contribution in [0.1, 0.15) is 0 Å². The zero-order valence-corrected chi connectivity index (χ0v) is 9.96. The average Bonchev–Trinajstić information content (AvgIpc) is 2.22. The van der Waals surface area contributed by atoms with Crippen LogP contribution >= 0.6 is 19.3 Å². The van der Waals surface area contributed by atoms with E-state index < -0.39 is 13.4 Å². The van der Waals surface area contributed by atoms with Crippen molar-refractivity contribution in [2.24, 2.45) is 0 Å². The lowest BCUT2D eigenvalue weighted by Crippen LogP contribution is -2.37. The summed E-state index contributed by atoms with van der Waals surface area (Å²) in [7, 11) is -3.33. The van der Waals surface area contributed by atoms with Crippen molar-refractivity contribution in [2.45, 2.75) is 4.90 Å². The molecular weight excluding hydrogens is 251 g/mol. The van der Waals surface area contributed by atoms with Gasteiger partial charge in [0.25, 0.3) is 0 Å². The highest BCUT2D eigenvalue weighted by molar-refractivity contribution is 7.98. The third-order valence-electron chi connectivity index (χ3n) is 2.09. The van der Waals surface area contributed by atoms with Crippen molar-refractivity contribution >= 4 is 36.3 Å². The number of fused-ring (bicyclic) bond motifs is 1. The summed E-state index contributed by atoms with van der Waals surface area (Å²) in [5, 5.41) is 10.1. The monoisotopic (exact) mass is 260 g/mol. The second kappa shape index (κ2) is 3.78. The van der Waals surface area contributed by atoms with Crippen molar-refractivity contribution < 1.29 is 19.5 Å². The molecule has 3 N–H and O–H groups in total. The minimum Gasteiger partial charge on any atom is -0.341 e. The number of hydrogen-bond acceptors (Lipinski definition) is 4. The van der Waals surface area contributed by atoms with Crippen molar-refractivity contribution in [3.05, 3.63) is 18.2 Å². The summed E-state index contributed by atoms with van der Waals surface area (Å²) in [6.45, 7) is 1.23. The molecule has 0 saturated heterocycles. The minimum atomic E-state index is -3.33. The van der Waals surface area contributed by atoms with Crippen LogP contribution in [0.2, 0.25) is 0 Å². The van der Waals surface area contributed by atoms with Gasteiger partial charge in [-0.2, -0.15) is 5.06 Å². The number of rotatable bonds is 1. The lowest BCUT2D eigenvalue weighted by Gasteiger charge is -2.24. The van der Waals surface area contributed by atoms with Gasteiger partial charge in [-0.05, 0) is 30.1 Å². The molecule has 1 aromatic carbocycles. The number of carbonyl (C=O) groups is 1. The molecule has 1 aromatic rings. The first kappa shape index (κ1) is 11.5. The molecule has 0 spiro atoms. The molecule has 2 amide bonds. The van der Waals surface area contributed by atoms with E-state index in [2.05, 4.69) is 4.72 Å². The van der Waals surface area contributed by atoms with Crippen molar-refractivity contribution in [1.82, 2.24) is 4.72 Å². The fraction of sp³-hybridized carbons (Fsp3) is 0.125. The Hall–Kier alpha value is -1.01. The molecule has 86 valence electrons. The molecule has 1 aliphatic heterocycles. The molecule has 1 heterocycles. The Morgan fingerprint density at radius 1 is 1.50 bits per heavy atom. The Kier molecular flexibility index (Phi) is 2.71. The van der Waals surface area contributed by atoms with Crippen molar-refractivity contribution in [2.75, 3.05) is 11.7 Å². The van der Waals surface area contributed by atoms with Gasteiger partial charge < -0.3 is 4.89 Å². The van der Waals surface area contributed by atoms with E-state index in [0.29, 0.717) is 15.6 Å². The summed E-state index contributed by atoms with van der Waals surface area (Å²) in [5.41, 5.74) is 0.297. The molecule has 1 unspecified atom stereocenters. The molecule has 0 saturated carbocycles. The number of urea groups is 1. The third-order valence-corrected chi connectivity index (χ3v) is 4.15. The molecule has 0 aliphatic carbocycles. The second-order valence-electron chi connectivity index (χ2n) is 3.35. The first-order chi connectivity index (χ1) is 7.39. The van der Waals surface area contributed by atoms with Gasteiger partial charge in [0, 0.05) is 12.0 Å². The lowest BCUT2D eigenvalue weighted by atomic mass is 10.3. The number of hydroxylamine groups is 1. The van der Waals surface area contributed by atoms with Crippen molar-refractivity contribution in [3.8, 4) is 0 Å². The van der Waals surface area contributed by atoms with E-state index in [1.807, 2.05) is 0 Å². The van der Waals surface area contributed by atoms with Gasteiger partial charge in [0.15, 0.2) is 0 Å². The van der Waals surface area contributed by atoms with Crippen LogP contribution in [-0.2, 0) is 4.57 Å². The predicted molar refractivity (Wildman–Crippen MR) is 60.5 cm³/mol. The molecule has 2 rings (SSSR count).